The summed E-state index contributed by atoms with van der Waals surface area (Å²) in [4.78, 5) is 0. The molecule has 180 valence electrons. The summed E-state index contributed by atoms with van der Waals surface area (Å²) in [6, 6.07) is 40.7. The molecular weight excluding hydrogens is 558 g/mol. The number of benzene rings is 4. The molecule has 0 N–H and O–H groups in total. The van der Waals surface area contributed by atoms with E-state index in [-0.39, 0.29) is 24.8 Å². The van der Waals surface area contributed by atoms with Crippen LogP contribution in [0.15, 0.2) is 133 Å². The SMILES string of the molecule is Cl.Cl.[C-]1=CC=CC1.[Zr+2]=[C](Cc1ccccc1)Cc1ccccc1.c1ccc2c(c1)[cH-]c1ccccc12. The first-order chi connectivity index (χ1) is 16.8. The summed E-state index contributed by atoms with van der Waals surface area (Å²) >= 11 is 1.55. The van der Waals surface area contributed by atoms with Crippen LogP contribution in [0.3, 0.4) is 0 Å². The fourth-order valence-corrected chi connectivity index (χ4v) is 4.99. The molecule has 0 unspecified atom stereocenters. The number of halogens is 2. The van der Waals surface area contributed by atoms with E-state index >= 15 is 0 Å². The molecule has 36 heavy (non-hydrogen) atoms. The molecule has 0 aliphatic heterocycles. The van der Waals surface area contributed by atoms with Crippen LogP contribution in [0.5, 0.6) is 0 Å². The predicted octanol–water partition coefficient (Wildman–Crippen LogP) is 9.05. The van der Waals surface area contributed by atoms with Gasteiger partial charge < -0.3 is 0 Å². The number of rotatable bonds is 4. The Morgan fingerprint density at radius 3 is 1.47 bits per heavy atom. The molecule has 0 heterocycles. The Kier molecular flexibility index (Phi) is 13.5. The summed E-state index contributed by atoms with van der Waals surface area (Å²) in [6.45, 7) is 0. The topological polar surface area (TPSA) is 0 Å². The average Bonchev–Trinajstić information content (AvgIpc) is 3.58. The maximum absolute atomic E-state index is 2.99. The third-order valence-electron chi connectivity index (χ3n) is 5.63. The predicted molar refractivity (Wildman–Crippen MR) is 158 cm³/mol. The summed E-state index contributed by atoms with van der Waals surface area (Å²) in [7, 11) is 0. The minimum Gasteiger partial charge on any atom is -0.126 e. The first-order valence-corrected chi connectivity index (χ1v) is 12.9. The zero-order valence-corrected chi connectivity index (χ0v) is 24.2. The molecule has 0 nitrogen and oxygen atoms in total. The minimum absolute atomic E-state index is 0. The van der Waals surface area contributed by atoms with Gasteiger partial charge in [-0.05, 0) is 0 Å². The number of allylic oxidation sites excluding steroid dienone is 4. The van der Waals surface area contributed by atoms with Gasteiger partial charge >= 0.3 is 112 Å². The number of hydrogen-bond donors (Lipinski definition) is 0. The van der Waals surface area contributed by atoms with Crippen molar-refractivity contribution in [3.05, 3.63) is 151 Å². The van der Waals surface area contributed by atoms with Crippen LogP contribution in [-0.4, -0.2) is 3.21 Å². The smallest absolute Gasteiger partial charge is 0.0771 e. The molecule has 0 amide bonds. The van der Waals surface area contributed by atoms with Gasteiger partial charge in [0, 0.05) is 0 Å². The molecule has 0 fully saturated rings. The van der Waals surface area contributed by atoms with Crippen molar-refractivity contribution in [1.29, 1.82) is 0 Å². The van der Waals surface area contributed by atoms with Crippen LogP contribution in [-0.2, 0) is 37.1 Å². The van der Waals surface area contributed by atoms with Crippen LogP contribution in [0.1, 0.15) is 17.5 Å². The van der Waals surface area contributed by atoms with Gasteiger partial charge in [0.2, 0.25) is 0 Å². The fourth-order valence-electron chi connectivity index (χ4n) is 3.99. The van der Waals surface area contributed by atoms with Crippen LogP contribution >= 0.6 is 24.8 Å². The van der Waals surface area contributed by atoms with Crippen molar-refractivity contribution in [1.82, 2.24) is 0 Å². The third kappa shape index (κ3) is 9.22. The minimum atomic E-state index is 0. The van der Waals surface area contributed by atoms with Crippen molar-refractivity contribution < 1.29 is 24.2 Å². The maximum atomic E-state index is 2.99. The first-order valence-electron chi connectivity index (χ1n) is 11.7. The Labute approximate surface area is 242 Å². The summed E-state index contributed by atoms with van der Waals surface area (Å²) in [5, 5.41) is 5.39. The standard InChI is InChI=1S/C15H14.C13H9.C5H5.2ClH.Zr/c1-3-8-14(9-4-1)12-7-13-15-10-5-2-6-11-15;1-3-7-12-10(5-1)9-11-6-2-4-8-13(11)12;1-2-4-5-3-1;;;/h1-6,8-11H,12-13H2;1-9H;1-3H,4H2;2*1H;/q;2*-1;;;+2. The molecule has 3 heteroatoms. The van der Waals surface area contributed by atoms with Gasteiger partial charge in [-0.25, -0.2) is 12.2 Å². The Hall–Kier alpha value is -2.44. The second-order valence-corrected chi connectivity index (χ2v) is 9.99. The van der Waals surface area contributed by atoms with Crippen LogP contribution in [0.2, 0.25) is 0 Å². The monoisotopic (exact) mass is 586 g/mol. The molecule has 0 spiro atoms. The van der Waals surface area contributed by atoms with E-state index in [4.69, 9.17) is 0 Å². The maximum Gasteiger partial charge on any atom is -0.0771 e. The Bertz CT molecular complexity index is 1280. The van der Waals surface area contributed by atoms with Gasteiger partial charge in [-0.3, -0.25) is 6.08 Å². The first kappa shape index (κ1) is 29.8. The van der Waals surface area contributed by atoms with Crippen LogP contribution in [0, 0.1) is 6.08 Å². The Morgan fingerprint density at radius 2 is 1.08 bits per heavy atom. The molecule has 1 aliphatic carbocycles. The Morgan fingerprint density at radius 1 is 0.639 bits per heavy atom. The van der Waals surface area contributed by atoms with Gasteiger partial charge in [0.05, 0.1) is 0 Å². The molecule has 0 bridgehead atoms. The number of hydrogen-bond acceptors (Lipinski definition) is 0. The largest absolute Gasteiger partial charge is 0.126 e. The molecule has 0 radical (unpaired) electrons. The van der Waals surface area contributed by atoms with E-state index in [1.54, 1.807) is 27.4 Å². The molecular formula is C33H30Cl2Zr. The van der Waals surface area contributed by atoms with Gasteiger partial charge in [-0.15, -0.1) is 71.0 Å². The van der Waals surface area contributed by atoms with Crippen molar-refractivity contribution in [3.8, 4) is 0 Å². The van der Waals surface area contributed by atoms with Gasteiger partial charge in [-0.2, -0.15) is 6.08 Å². The summed E-state index contributed by atoms with van der Waals surface area (Å²) in [6.07, 6.45) is 12.2. The molecule has 5 aromatic rings. The molecule has 0 saturated heterocycles. The van der Waals surface area contributed by atoms with Gasteiger partial charge in [0.15, 0.2) is 0 Å². The molecule has 0 aromatic heterocycles. The second kappa shape index (κ2) is 16.3. The van der Waals surface area contributed by atoms with E-state index in [1.165, 1.54) is 32.7 Å². The van der Waals surface area contributed by atoms with Crippen molar-refractivity contribution >= 4 is 49.6 Å². The van der Waals surface area contributed by atoms with Crippen LogP contribution in [0.25, 0.3) is 21.5 Å². The van der Waals surface area contributed by atoms with Crippen molar-refractivity contribution in [2.75, 3.05) is 0 Å². The zero-order chi connectivity index (χ0) is 23.4. The van der Waals surface area contributed by atoms with Crippen LogP contribution in [0.4, 0.5) is 0 Å². The van der Waals surface area contributed by atoms with Crippen molar-refractivity contribution in [2.45, 2.75) is 19.3 Å². The summed E-state index contributed by atoms with van der Waals surface area (Å²) < 4.78 is 1.60. The second-order valence-electron chi connectivity index (χ2n) is 8.25. The van der Waals surface area contributed by atoms with Gasteiger partial charge in [-0.1, -0.05) is 36.4 Å². The van der Waals surface area contributed by atoms with E-state index in [0.29, 0.717) is 0 Å². The van der Waals surface area contributed by atoms with E-state index in [1.807, 2.05) is 12.2 Å². The average molecular weight is 589 g/mol. The molecule has 6 rings (SSSR count). The van der Waals surface area contributed by atoms with Crippen molar-refractivity contribution in [3.63, 3.8) is 0 Å². The Balaban J connectivity index is 0.000000205. The van der Waals surface area contributed by atoms with Gasteiger partial charge in [0.25, 0.3) is 0 Å². The van der Waals surface area contributed by atoms with Crippen molar-refractivity contribution in [2.24, 2.45) is 0 Å². The normalized spacial score (nSPS) is 10.9. The molecule has 5 aromatic carbocycles. The molecule has 0 saturated carbocycles. The molecule has 1 aliphatic rings. The van der Waals surface area contributed by atoms with Gasteiger partial charge in [0.1, 0.15) is 0 Å². The van der Waals surface area contributed by atoms with Crippen LogP contribution < -0.4 is 0 Å². The van der Waals surface area contributed by atoms with E-state index < -0.39 is 0 Å². The third-order valence-corrected chi connectivity index (χ3v) is 6.50. The molecule has 0 atom stereocenters. The van der Waals surface area contributed by atoms with E-state index in [0.717, 1.165) is 19.3 Å². The summed E-state index contributed by atoms with van der Waals surface area (Å²) in [5.41, 5.74) is 2.84. The fraction of sp³-hybridized carbons (Fsp3) is 0.0909. The summed E-state index contributed by atoms with van der Waals surface area (Å²) in [5.74, 6) is 0. The quantitative estimate of drug-likeness (QED) is 0.184. The number of fused-ring (bicyclic) bond motifs is 3. The van der Waals surface area contributed by atoms with E-state index in [2.05, 4.69) is 127 Å². The van der Waals surface area contributed by atoms with E-state index in [9.17, 15) is 0 Å². The zero-order valence-electron chi connectivity index (χ0n) is 20.1.